The summed E-state index contributed by atoms with van der Waals surface area (Å²) < 4.78 is 19.1. The van der Waals surface area contributed by atoms with Crippen LogP contribution in [0.15, 0.2) is 102 Å². The molecular formula is C36H38N2O7S. The van der Waals surface area contributed by atoms with Crippen LogP contribution in [0.3, 0.4) is 0 Å². The van der Waals surface area contributed by atoms with Gasteiger partial charge in [-0.25, -0.2) is 0 Å². The van der Waals surface area contributed by atoms with Crippen molar-refractivity contribution in [2.45, 2.75) is 63.6 Å². The Morgan fingerprint density at radius 2 is 1.70 bits per heavy atom. The van der Waals surface area contributed by atoms with E-state index < -0.39 is 18.4 Å². The third-order valence-electron chi connectivity index (χ3n) is 7.91. The number of thioether (sulfide) groups is 1. The van der Waals surface area contributed by atoms with E-state index in [-0.39, 0.29) is 37.2 Å². The first-order valence-electron chi connectivity index (χ1n) is 15.2. The highest BCUT2D eigenvalue weighted by Gasteiger charge is 2.38. The molecular weight excluding hydrogens is 604 g/mol. The second-order valence-electron chi connectivity index (χ2n) is 11.3. The summed E-state index contributed by atoms with van der Waals surface area (Å²) in [6, 6.07) is 29.0. The van der Waals surface area contributed by atoms with Gasteiger partial charge in [-0.2, -0.15) is 4.73 Å². The lowest BCUT2D eigenvalue weighted by Crippen LogP contribution is -2.39. The Labute approximate surface area is 273 Å². The summed E-state index contributed by atoms with van der Waals surface area (Å²) in [5, 5.41) is 25.3. The van der Waals surface area contributed by atoms with Gasteiger partial charge in [0.25, 0.3) is 10.9 Å². The third-order valence-corrected chi connectivity index (χ3v) is 9.01. The summed E-state index contributed by atoms with van der Waals surface area (Å²) in [6.45, 7) is 5.15. The van der Waals surface area contributed by atoms with Crippen LogP contribution in [0.5, 0.6) is 0 Å². The number of nitrogens with one attached hydrogen (secondary N) is 1. The number of aliphatic hydroxyl groups is 1. The smallest absolute Gasteiger partial charge is 0.303 e. The van der Waals surface area contributed by atoms with Gasteiger partial charge in [0.15, 0.2) is 18.6 Å². The highest BCUT2D eigenvalue weighted by molar-refractivity contribution is 7.99. The van der Waals surface area contributed by atoms with Crippen LogP contribution in [0.25, 0.3) is 11.1 Å². The van der Waals surface area contributed by atoms with Gasteiger partial charge >= 0.3 is 5.97 Å². The molecule has 0 unspecified atom stereocenters. The lowest BCUT2D eigenvalue weighted by molar-refractivity contribution is -0.645. The molecule has 240 valence electrons. The van der Waals surface area contributed by atoms with Gasteiger partial charge in [-0.05, 0) is 52.9 Å². The summed E-state index contributed by atoms with van der Waals surface area (Å²) in [6.07, 6.45) is -0.551. The van der Waals surface area contributed by atoms with Crippen molar-refractivity contribution in [2.24, 2.45) is 5.92 Å². The Kier molecular flexibility index (Phi) is 11.1. The second kappa shape index (κ2) is 15.4. The summed E-state index contributed by atoms with van der Waals surface area (Å²) in [5.74, 6) is -0.338. The van der Waals surface area contributed by atoms with Gasteiger partial charge in [-0.1, -0.05) is 79.3 Å². The molecule has 0 radical (unpaired) electrons. The van der Waals surface area contributed by atoms with E-state index in [1.165, 1.54) is 31.8 Å². The fourth-order valence-corrected chi connectivity index (χ4v) is 6.44. The van der Waals surface area contributed by atoms with Crippen LogP contribution in [-0.4, -0.2) is 34.9 Å². The molecule has 0 bridgehead atoms. The van der Waals surface area contributed by atoms with E-state index >= 15 is 0 Å². The van der Waals surface area contributed by atoms with Gasteiger partial charge in [0.05, 0.1) is 18.8 Å². The van der Waals surface area contributed by atoms with Crippen molar-refractivity contribution in [1.29, 1.82) is 0 Å². The summed E-state index contributed by atoms with van der Waals surface area (Å²) in [4.78, 5) is 23.5. The molecule has 46 heavy (non-hydrogen) atoms. The van der Waals surface area contributed by atoms with Crippen molar-refractivity contribution in [3.8, 4) is 11.1 Å². The number of hydrogen-bond donors (Lipinski definition) is 2. The van der Waals surface area contributed by atoms with Crippen LogP contribution in [0, 0.1) is 11.1 Å². The Balaban J connectivity index is 1.36. The molecule has 0 spiro atoms. The maximum absolute atomic E-state index is 12.3. The molecule has 5 atom stereocenters. The van der Waals surface area contributed by atoms with Crippen LogP contribution in [-0.2, 0) is 37.0 Å². The van der Waals surface area contributed by atoms with Gasteiger partial charge in [0, 0.05) is 42.8 Å². The van der Waals surface area contributed by atoms with Gasteiger partial charge in [0.2, 0.25) is 0 Å². The van der Waals surface area contributed by atoms with Crippen molar-refractivity contribution < 1.29 is 33.6 Å². The van der Waals surface area contributed by atoms with Gasteiger partial charge in [-0.15, -0.1) is 0 Å². The van der Waals surface area contributed by atoms with E-state index in [4.69, 9.17) is 14.2 Å². The van der Waals surface area contributed by atoms with E-state index in [0.717, 1.165) is 38.1 Å². The zero-order chi connectivity index (χ0) is 32.6. The lowest BCUT2D eigenvalue weighted by Gasteiger charge is -2.41. The molecule has 1 saturated heterocycles. The molecule has 10 heteroatoms. The van der Waals surface area contributed by atoms with Crippen LogP contribution in [0.2, 0.25) is 0 Å². The molecule has 9 nitrogen and oxygen atoms in total. The molecule has 0 saturated carbocycles. The molecule has 3 aromatic carbocycles. The lowest BCUT2D eigenvalue weighted by atomic mass is 9.91. The van der Waals surface area contributed by atoms with E-state index in [2.05, 4.69) is 12.2 Å². The average molecular weight is 643 g/mol. The summed E-state index contributed by atoms with van der Waals surface area (Å²) in [7, 11) is 0. The molecule has 4 aromatic rings. The monoisotopic (exact) mass is 642 g/mol. The number of aromatic nitrogens is 1. The predicted octanol–water partition coefficient (Wildman–Crippen LogP) is 5.63. The predicted molar refractivity (Wildman–Crippen MR) is 174 cm³/mol. The molecule has 1 aromatic heterocycles. The van der Waals surface area contributed by atoms with Crippen LogP contribution in [0.4, 0.5) is 0 Å². The minimum Gasteiger partial charge on any atom is -0.618 e. The highest BCUT2D eigenvalue weighted by Crippen LogP contribution is 2.43. The Morgan fingerprint density at radius 1 is 0.957 bits per heavy atom. The van der Waals surface area contributed by atoms with E-state index in [9.17, 15) is 19.9 Å². The summed E-state index contributed by atoms with van der Waals surface area (Å²) >= 11 is 1.45. The minimum atomic E-state index is -0.872. The maximum atomic E-state index is 12.3. The van der Waals surface area contributed by atoms with Crippen LogP contribution >= 0.6 is 11.8 Å². The van der Waals surface area contributed by atoms with Crippen LogP contribution in [0.1, 0.15) is 55.4 Å². The Morgan fingerprint density at radius 3 is 2.41 bits per heavy atom. The summed E-state index contributed by atoms with van der Waals surface area (Å²) in [5.41, 5.74) is 5.47. The maximum Gasteiger partial charge on any atom is 0.303 e. The molecule has 2 N–H and O–H groups in total. The molecule has 1 aliphatic rings. The van der Waals surface area contributed by atoms with E-state index in [0.29, 0.717) is 10.8 Å². The van der Waals surface area contributed by atoms with Gasteiger partial charge in [0.1, 0.15) is 0 Å². The number of carbonyl (C=O) groups is 2. The zero-order valence-electron chi connectivity index (χ0n) is 26.0. The number of rotatable bonds is 11. The second-order valence-corrected chi connectivity index (χ2v) is 12.3. The first-order valence-corrected chi connectivity index (χ1v) is 16.2. The fourth-order valence-electron chi connectivity index (χ4n) is 5.36. The molecule has 1 fully saturated rings. The molecule has 1 aliphatic heterocycles. The SMILES string of the molecule is CC(=O)O[C@@H](C)C(=O)NCc1cccc(-c2cccc([C@H]3O[C@@H](CSc4cccc[n+]4[O-])[C@@H](C)[C@@H](c4ccc(CO)cc4)O3)c2)c1. The van der Waals surface area contributed by atoms with E-state index in [1.54, 1.807) is 12.1 Å². The van der Waals surface area contributed by atoms with Crippen molar-refractivity contribution in [3.05, 3.63) is 125 Å². The number of amides is 1. The van der Waals surface area contributed by atoms with Crippen molar-refractivity contribution in [2.75, 3.05) is 5.75 Å². The van der Waals surface area contributed by atoms with Crippen molar-refractivity contribution in [1.82, 2.24) is 5.32 Å². The molecule has 0 aliphatic carbocycles. The minimum absolute atomic E-state index is 0.0221. The standard InChI is InChI=1S/C36H38N2O7S/c1-23-32(22-46-33-12-4-5-17-38(33)42)44-36(45-34(23)28-15-13-26(21-39)14-16-28)31-11-7-10-30(19-31)29-9-6-8-27(18-29)20-37-35(41)24(2)43-25(3)40/h4-19,23-24,32,34,36,39H,20-22H2,1-3H3,(H,37,41)/t23-,24+,32+,34+,36+/m1/s1. The quantitative estimate of drug-likeness (QED) is 0.0935. The number of esters is 1. The first kappa shape index (κ1) is 33.2. The number of pyridine rings is 1. The van der Waals surface area contributed by atoms with Crippen molar-refractivity contribution in [3.63, 3.8) is 0 Å². The number of carbonyl (C=O) groups excluding carboxylic acids is 2. The highest BCUT2D eigenvalue weighted by atomic mass is 32.2. The normalized spacial score (nSPS) is 20.1. The topological polar surface area (TPSA) is 121 Å². The molecule has 2 heterocycles. The van der Waals surface area contributed by atoms with Gasteiger partial charge < -0.3 is 29.8 Å². The number of aliphatic hydroxyl groups excluding tert-OH is 1. The Bertz CT molecular complexity index is 1650. The zero-order valence-corrected chi connectivity index (χ0v) is 26.8. The van der Waals surface area contributed by atoms with Crippen LogP contribution < -0.4 is 10.0 Å². The first-order chi connectivity index (χ1) is 22.2. The number of benzene rings is 3. The van der Waals surface area contributed by atoms with Gasteiger partial charge in [-0.3, -0.25) is 9.59 Å². The van der Waals surface area contributed by atoms with E-state index in [1.807, 2.05) is 78.9 Å². The molecule has 5 rings (SSSR count). The largest absolute Gasteiger partial charge is 0.618 e. The third kappa shape index (κ3) is 8.32. The Hall–Kier alpha value is -4.22. The number of ether oxygens (including phenoxy) is 3. The average Bonchev–Trinajstić information content (AvgIpc) is 3.07. The molecule has 1 amide bonds. The van der Waals surface area contributed by atoms with Crippen molar-refractivity contribution >= 4 is 23.6 Å². The number of hydrogen-bond acceptors (Lipinski definition) is 8. The number of nitrogens with zero attached hydrogens (tertiary/aromatic N) is 1. The fraction of sp³-hybridized carbons (Fsp3) is 0.306.